The Kier molecular flexibility index (Phi) is 7.37. The first-order valence-electron chi connectivity index (χ1n) is 9.28. The van der Waals surface area contributed by atoms with Crippen molar-refractivity contribution in [1.29, 1.82) is 0 Å². The summed E-state index contributed by atoms with van der Waals surface area (Å²) in [7, 11) is 1.42. The molecule has 10 heteroatoms. The van der Waals surface area contributed by atoms with E-state index in [4.69, 9.17) is 21.1 Å². The maximum absolute atomic E-state index is 12.5. The molecule has 0 unspecified atom stereocenters. The third kappa shape index (κ3) is 6.03. The molecule has 2 N–H and O–H groups in total. The van der Waals surface area contributed by atoms with Crippen molar-refractivity contribution in [2.24, 2.45) is 0 Å². The molecule has 0 radical (unpaired) electrons. The summed E-state index contributed by atoms with van der Waals surface area (Å²) < 4.78 is 10.3. The number of ether oxygens (including phenoxy) is 2. The average Bonchev–Trinajstić information content (AvgIpc) is 2.75. The number of nitro benzene ring substituents is 1. The fourth-order valence-corrected chi connectivity index (χ4v) is 2.89. The van der Waals surface area contributed by atoms with Crippen LogP contribution < -0.4 is 15.4 Å². The Morgan fingerprint density at radius 2 is 1.69 bits per heavy atom. The van der Waals surface area contributed by atoms with Gasteiger partial charge in [0.25, 0.3) is 5.91 Å². The summed E-state index contributed by atoms with van der Waals surface area (Å²) >= 11 is 5.80. The Hall–Kier alpha value is -3.95. The van der Waals surface area contributed by atoms with Gasteiger partial charge in [0.2, 0.25) is 11.7 Å². The molecule has 3 aromatic carbocycles. The van der Waals surface area contributed by atoms with Crippen molar-refractivity contribution in [3.8, 4) is 11.5 Å². The highest BCUT2D eigenvalue weighted by molar-refractivity contribution is 6.30. The molecule has 0 bridgehead atoms. The zero-order valence-electron chi connectivity index (χ0n) is 16.8. The minimum atomic E-state index is -0.588. The number of carbonyl (C=O) groups is 2. The minimum Gasteiger partial charge on any atom is -0.450 e. The lowest BCUT2D eigenvalue weighted by molar-refractivity contribution is -0.385. The lowest BCUT2D eigenvalue weighted by Gasteiger charge is -2.10. The molecule has 0 fully saturated rings. The van der Waals surface area contributed by atoms with E-state index < -0.39 is 4.92 Å². The zero-order chi connectivity index (χ0) is 23.1. The molecular weight excluding hydrogens is 438 g/mol. The summed E-state index contributed by atoms with van der Waals surface area (Å²) in [5.41, 5.74) is 1.08. The van der Waals surface area contributed by atoms with E-state index in [2.05, 4.69) is 10.6 Å². The van der Waals surface area contributed by atoms with Gasteiger partial charge in [-0.3, -0.25) is 19.7 Å². The molecule has 0 saturated heterocycles. The van der Waals surface area contributed by atoms with Crippen LogP contribution in [0.4, 0.5) is 17.1 Å². The highest BCUT2D eigenvalue weighted by Crippen LogP contribution is 2.33. The van der Waals surface area contributed by atoms with Gasteiger partial charge in [-0.2, -0.15) is 0 Å². The van der Waals surface area contributed by atoms with Crippen LogP contribution in [-0.4, -0.2) is 30.5 Å². The van der Waals surface area contributed by atoms with Crippen LogP contribution in [0, 0.1) is 10.1 Å². The monoisotopic (exact) mass is 455 g/mol. The second-order valence-electron chi connectivity index (χ2n) is 6.51. The molecular formula is C22H18ClN3O6. The second kappa shape index (κ2) is 10.4. The molecule has 0 saturated carbocycles. The van der Waals surface area contributed by atoms with E-state index in [0.29, 0.717) is 22.7 Å². The molecule has 0 spiro atoms. The predicted octanol–water partition coefficient (Wildman–Crippen LogP) is 4.88. The number of benzene rings is 3. The molecule has 32 heavy (non-hydrogen) atoms. The van der Waals surface area contributed by atoms with E-state index in [1.807, 2.05) is 0 Å². The minimum absolute atomic E-state index is 0.0314. The van der Waals surface area contributed by atoms with E-state index in [9.17, 15) is 19.7 Å². The fourth-order valence-electron chi connectivity index (χ4n) is 2.73. The van der Waals surface area contributed by atoms with Crippen molar-refractivity contribution in [2.45, 2.75) is 0 Å². The van der Waals surface area contributed by atoms with Crippen LogP contribution in [0.3, 0.4) is 0 Å². The Morgan fingerprint density at radius 1 is 1.00 bits per heavy atom. The number of anilines is 2. The van der Waals surface area contributed by atoms with Crippen molar-refractivity contribution >= 4 is 40.5 Å². The molecule has 0 heterocycles. The lowest BCUT2D eigenvalue weighted by atomic mass is 10.2. The van der Waals surface area contributed by atoms with Crippen molar-refractivity contribution in [3.05, 3.63) is 87.4 Å². The van der Waals surface area contributed by atoms with Gasteiger partial charge in [0.1, 0.15) is 12.4 Å². The fraction of sp³-hybridized carbons (Fsp3) is 0.0909. The molecule has 0 aliphatic heterocycles. The number of methoxy groups -OCH3 is 1. The maximum Gasteiger partial charge on any atom is 0.313 e. The summed E-state index contributed by atoms with van der Waals surface area (Å²) in [6, 6.07) is 16.8. The van der Waals surface area contributed by atoms with Gasteiger partial charge in [-0.15, -0.1) is 0 Å². The van der Waals surface area contributed by atoms with Gasteiger partial charge >= 0.3 is 5.69 Å². The molecule has 2 amide bonds. The Labute approximate surface area is 188 Å². The number of hydrogen-bond donors (Lipinski definition) is 2. The predicted molar refractivity (Wildman–Crippen MR) is 120 cm³/mol. The number of amides is 2. The van der Waals surface area contributed by atoms with Gasteiger partial charge in [0.05, 0.1) is 4.92 Å². The van der Waals surface area contributed by atoms with E-state index in [1.54, 1.807) is 24.3 Å². The smallest absolute Gasteiger partial charge is 0.313 e. The van der Waals surface area contributed by atoms with Crippen LogP contribution in [0.15, 0.2) is 66.7 Å². The van der Waals surface area contributed by atoms with Gasteiger partial charge in [-0.05, 0) is 54.6 Å². The molecule has 0 atom stereocenters. The van der Waals surface area contributed by atoms with Crippen LogP contribution in [0.25, 0.3) is 0 Å². The van der Waals surface area contributed by atoms with Gasteiger partial charge in [0, 0.05) is 35.1 Å². The van der Waals surface area contributed by atoms with Crippen molar-refractivity contribution in [1.82, 2.24) is 0 Å². The molecule has 0 aliphatic carbocycles. The number of nitrogens with zero attached hydrogens (tertiary/aromatic N) is 1. The molecule has 3 aromatic rings. The molecule has 0 aromatic heterocycles. The topological polar surface area (TPSA) is 120 Å². The average molecular weight is 456 g/mol. The summed E-state index contributed by atoms with van der Waals surface area (Å²) in [5.74, 6) is -0.347. The van der Waals surface area contributed by atoms with Crippen molar-refractivity contribution in [2.75, 3.05) is 24.4 Å². The van der Waals surface area contributed by atoms with Gasteiger partial charge in [-0.1, -0.05) is 17.7 Å². The third-order valence-electron chi connectivity index (χ3n) is 4.14. The summed E-state index contributed by atoms with van der Waals surface area (Å²) in [4.78, 5) is 34.8. The van der Waals surface area contributed by atoms with Gasteiger partial charge in [0.15, 0.2) is 0 Å². The number of nitrogens with one attached hydrogen (secondary N) is 2. The van der Waals surface area contributed by atoms with E-state index in [1.165, 1.54) is 49.6 Å². The standard InChI is InChI=1S/C22H18ClN3O6/c1-31-13-21(27)24-16-3-2-4-17(12-16)25-22(28)14-5-8-18(9-6-14)32-20-10-7-15(23)11-19(20)26(29)30/h2-12H,13H2,1H3,(H,24,27)(H,25,28). The third-order valence-corrected chi connectivity index (χ3v) is 4.38. The summed E-state index contributed by atoms with van der Waals surface area (Å²) in [6.45, 7) is -0.0792. The van der Waals surface area contributed by atoms with Crippen LogP contribution in [-0.2, 0) is 9.53 Å². The largest absolute Gasteiger partial charge is 0.450 e. The van der Waals surface area contributed by atoms with Crippen LogP contribution in [0.2, 0.25) is 5.02 Å². The molecule has 9 nitrogen and oxygen atoms in total. The normalized spacial score (nSPS) is 10.3. The first-order chi connectivity index (χ1) is 15.4. The van der Waals surface area contributed by atoms with Crippen molar-refractivity contribution < 1.29 is 24.0 Å². The summed E-state index contributed by atoms with van der Waals surface area (Å²) in [5, 5.41) is 16.8. The van der Waals surface area contributed by atoms with Crippen LogP contribution in [0.5, 0.6) is 11.5 Å². The van der Waals surface area contributed by atoms with Crippen molar-refractivity contribution in [3.63, 3.8) is 0 Å². The quantitative estimate of drug-likeness (QED) is 0.369. The Balaban J connectivity index is 1.67. The Morgan fingerprint density at radius 3 is 2.34 bits per heavy atom. The van der Waals surface area contributed by atoms with Crippen LogP contribution >= 0.6 is 11.6 Å². The number of rotatable bonds is 8. The number of nitro groups is 1. The van der Waals surface area contributed by atoms with E-state index in [0.717, 1.165) is 0 Å². The van der Waals surface area contributed by atoms with Crippen LogP contribution in [0.1, 0.15) is 10.4 Å². The zero-order valence-corrected chi connectivity index (χ0v) is 17.6. The lowest BCUT2D eigenvalue weighted by Crippen LogP contribution is -2.17. The van der Waals surface area contributed by atoms with E-state index in [-0.39, 0.29) is 34.9 Å². The number of hydrogen-bond acceptors (Lipinski definition) is 6. The van der Waals surface area contributed by atoms with E-state index >= 15 is 0 Å². The SMILES string of the molecule is COCC(=O)Nc1cccc(NC(=O)c2ccc(Oc3ccc(Cl)cc3[N+](=O)[O-])cc2)c1. The number of carbonyl (C=O) groups excluding carboxylic acids is 2. The molecule has 164 valence electrons. The Bertz CT molecular complexity index is 1150. The molecule has 3 rings (SSSR count). The van der Waals surface area contributed by atoms with Gasteiger partial charge < -0.3 is 20.1 Å². The number of halogens is 1. The maximum atomic E-state index is 12.5. The first kappa shape index (κ1) is 22.7. The highest BCUT2D eigenvalue weighted by atomic mass is 35.5. The second-order valence-corrected chi connectivity index (χ2v) is 6.95. The highest BCUT2D eigenvalue weighted by Gasteiger charge is 2.17. The molecule has 0 aliphatic rings. The first-order valence-corrected chi connectivity index (χ1v) is 9.65. The van der Waals surface area contributed by atoms with Gasteiger partial charge in [-0.25, -0.2) is 0 Å². The summed E-state index contributed by atoms with van der Waals surface area (Å²) in [6.07, 6.45) is 0.